The van der Waals surface area contributed by atoms with Gasteiger partial charge in [-0.2, -0.15) is 0 Å². The summed E-state index contributed by atoms with van der Waals surface area (Å²) in [5.41, 5.74) is 5.28. The average Bonchev–Trinajstić information content (AvgIpc) is 2.34. The van der Waals surface area contributed by atoms with Gasteiger partial charge >= 0.3 is 0 Å². The van der Waals surface area contributed by atoms with Gasteiger partial charge in [0.2, 0.25) is 0 Å². The molecule has 0 aliphatic heterocycles. The van der Waals surface area contributed by atoms with Gasteiger partial charge in [-0.25, -0.2) is 0 Å². The van der Waals surface area contributed by atoms with Gasteiger partial charge < -0.3 is 5.73 Å². The SMILES string of the molecule is NC(=S)CCn1ccnn1. The summed E-state index contributed by atoms with van der Waals surface area (Å²) < 4.78 is 1.69. The molecule has 0 saturated heterocycles. The van der Waals surface area contributed by atoms with Crippen LogP contribution in [-0.2, 0) is 6.54 Å². The molecule has 2 N–H and O–H groups in total. The van der Waals surface area contributed by atoms with E-state index in [1.165, 1.54) is 0 Å². The number of nitrogens with zero attached hydrogens (tertiary/aromatic N) is 3. The number of rotatable bonds is 3. The summed E-state index contributed by atoms with van der Waals surface area (Å²) in [6.45, 7) is 0.718. The van der Waals surface area contributed by atoms with E-state index < -0.39 is 0 Å². The van der Waals surface area contributed by atoms with Gasteiger partial charge in [-0.3, -0.25) is 4.68 Å². The Balaban J connectivity index is 2.35. The highest BCUT2D eigenvalue weighted by atomic mass is 32.1. The summed E-state index contributed by atoms with van der Waals surface area (Å²) in [5, 5.41) is 7.37. The molecular weight excluding hydrogens is 148 g/mol. The highest BCUT2D eigenvalue weighted by Gasteiger charge is 1.91. The molecule has 0 spiro atoms. The van der Waals surface area contributed by atoms with Gasteiger partial charge in [-0.05, 0) is 0 Å². The van der Waals surface area contributed by atoms with Crippen LogP contribution in [-0.4, -0.2) is 20.0 Å². The molecule has 0 amide bonds. The fraction of sp³-hybridized carbons (Fsp3) is 0.400. The molecule has 0 fully saturated rings. The third kappa shape index (κ3) is 2.10. The minimum absolute atomic E-state index is 0.510. The van der Waals surface area contributed by atoms with Crippen LogP contribution in [0, 0.1) is 0 Å². The van der Waals surface area contributed by atoms with Crippen molar-refractivity contribution in [3.05, 3.63) is 12.4 Å². The van der Waals surface area contributed by atoms with Gasteiger partial charge in [0.15, 0.2) is 0 Å². The molecule has 0 aliphatic rings. The summed E-state index contributed by atoms with van der Waals surface area (Å²) in [5.74, 6) is 0. The number of aromatic nitrogens is 3. The van der Waals surface area contributed by atoms with Crippen molar-refractivity contribution in [2.45, 2.75) is 13.0 Å². The molecule has 5 heteroatoms. The summed E-state index contributed by atoms with van der Waals surface area (Å²) in [6, 6.07) is 0. The molecule has 1 aromatic heterocycles. The molecule has 0 atom stereocenters. The molecule has 54 valence electrons. The van der Waals surface area contributed by atoms with E-state index in [-0.39, 0.29) is 0 Å². The van der Waals surface area contributed by atoms with Crippen LogP contribution in [0.1, 0.15) is 6.42 Å². The zero-order chi connectivity index (χ0) is 7.40. The lowest BCUT2D eigenvalue weighted by Crippen LogP contribution is -2.12. The zero-order valence-corrected chi connectivity index (χ0v) is 6.21. The van der Waals surface area contributed by atoms with Crippen molar-refractivity contribution in [3.63, 3.8) is 0 Å². The fourth-order valence-corrected chi connectivity index (χ4v) is 0.668. The molecule has 0 aromatic carbocycles. The Kier molecular flexibility index (Phi) is 2.33. The summed E-state index contributed by atoms with van der Waals surface area (Å²) >= 11 is 4.68. The van der Waals surface area contributed by atoms with Crippen LogP contribution in [0.4, 0.5) is 0 Å². The summed E-state index contributed by atoms with van der Waals surface area (Å²) in [6.07, 6.45) is 4.08. The van der Waals surface area contributed by atoms with Gasteiger partial charge in [0.1, 0.15) is 0 Å². The minimum atomic E-state index is 0.510. The van der Waals surface area contributed by atoms with E-state index in [1.807, 2.05) is 0 Å². The maximum atomic E-state index is 5.28. The second-order valence-electron chi connectivity index (χ2n) is 1.88. The molecule has 0 aliphatic carbocycles. The number of hydrogen-bond acceptors (Lipinski definition) is 3. The quantitative estimate of drug-likeness (QED) is 0.624. The summed E-state index contributed by atoms with van der Waals surface area (Å²) in [4.78, 5) is 0.510. The molecule has 0 bridgehead atoms. The van der Waals surface area contributed by atoms with Crippen LogP contribution < -0.4 is 5.73 Å². The number of aryl methyl sites for hydroxylation is 1. The largest absolute Gasteiger partial charge is 0.393 e. The standard InChI is InChI=1S/C5H8N4S/c6-5(10)1-3-9-4-2-7-8-9/h2,4H,1,3H2,(H2,6,10). The summed E-state index contributed by atoms with van der Waals surface area (Å²) in [7, 11) is 0. The second-order valence-corrected chi connectivity index (χ2v) is 2.41. The van der Waals surface area contributed by atoms with Gasteiger partial charge in [0.05, 0.1) is 11.2 Å². The van der Waals surface area contributed by atoms with Crippen LogP contribution in [0.2, 0.25) is 0 Å². The van der Waals surface area contributed by atoms with Crippen molar-refractivity contribution in [3.8, 4) is 0 Å². The van der Waals surface area contributed by atoms with E-state index in [9.17, 15) is 0 Å². The van der Waals surface area contributed by atoms with Crippen molar-refractivity contribution < 1.29 is 0 Å². The predicted molar refractivity (Wildman–Crippen MR) is 41.4 cm³/mol. The van der Waals surface area contributed by atoms with E-state index in [4.69, 9.17) is 5.73 Å². The Morgan fingerprint density at radius 3 is 3.00 bits per heavy atom. The van der Waals surface area contributed by atoms with Crippen LogP contribution in [0.25, 0.3) is 0 Å². The number of hydrogen-bond donors (Lipinski definition) is 1. The molecule has 1 heterocycles. The maximum absolute atomic E-state index is 5.28. The van der Waals surface area contributed by atoms with Crippen LogP contribution >= 0.6 is 12.2 Å². The minimum Gasteiger partial charge on any atom is -0.393 e. The van der Waals surface area contributed by atoms with Crippen molar-refractivity contribution >= 4 is 17.2 Å². The van der Waals surface area contributed by atoms with Gasteiger partial charge in [-0.15, -0.1) is 5.10 Å². The molecule has 10 heavy (non-hydrogen) atoms. The van der Waals surface area contributed by atoms with Crippen LogP contribution in [0.15, 0.2) is 12.4 Å². The van der Waals surface area contributed by atoms with Crippen molar-refractivity contribution in [1.29, 1.82) is 0 Å². The van der Waals surface area contributed by atoms with Crippen LogP contribution in [0.3, 0.4) is 0 Å². The van der Waals surface area contributed by atoms with Crippen LogP contribution in [0.5, 0.6) is 0 Å². The Bertz CT molecular complexity index is 205. The molecule has 0 saturated carbocycles. The van der Waals surface area contributed by atoms with E-state index in [1.54, 1.807) is 17.1 Å². The molecule has 4 nitrogen and oxygen atoms in total. The normalized spacial score (nSPS) is 9.60. The van der Waals surface area contributed by atoms with E-state index >= 15 is 0 Å². The molecular formula is C5H8N4S. The smallest absolute Gasteiger partial charge is 0.0745 e. The third-order valence-electron chi connectivity index (χ3n) is 1.06. The third-order valence-corrected chi connectivity index (χ3v) is 1.26. The highest BCUT2D eigenvalue weighted by molar-refractivity contribution is 7.80. The molecule has 1 aromatic rings. The first-order chi connectivity index (χ1) is 4.79. The van der Waals surface area contributed by atoms with Gasteiger partial charge in [0.25, 0.3) is 0 Å². The van der Waals surface area contributed by atoms with Crippen molar-refractivity contribution in [2.24, 2.45) is 5.73 Å². The Morgan fingerprint density at radius 1 is 1.70 bits per heavy atom. The van der Waals surface area contributed by atoms with E-state index in [2.05, 4.69) is 22.5 Å². The lowest BCUT2D eigenvalue weighted by atomic mass is 10.4. The molecule has 0 unspecified atom stereocenters. The maximum Gasteiger partial charge on any atom is 0.0745 e. The fourth-order valence-electron chi connectivity index (χ4n) is 0.577. The Labute approximate surface area is 64.0 Å². The van der Waals surface area contributed by atoms with E-state index in [0.717, 1.165) is 6.54 Å². The zero-order valence-electron chi connectivity index (χ0n) is 5.40. The molecule has 0 radical (unpaired) electrons. The second kappa shape index (κ2) is 3.26. The Hall–Kier alpha value is -0.970. The van der Waals surface area contributed by atoms with Gasteiger partial charge in [0, 0.05) is 19.2 Å². The predicted octanol–water partition coefficient (Wildman–Crippen LogP) is -0.0457. The number of thiocarbonyl (C=S) groups is 1. The monoisotopic (exact) mass is 156 g/mol. The van der Waals surface area contributed by atoms with E-state index in [0.29, 0.717) is 11.4 Å². The first-order valence-corrected chi connectivity index (χ1v) is 3.32. The first kappa shape index (κ1) is 7.14. The lowest BCUT2D eigenvalue weighted by Gasteiger charge is -1.96. The topological polar surface area (TPSA) is 56.7 Å². The highest BCUT2D eigenvalue weighted by Crippen LogP contribution is 1.86. The number of nitrogens with two attached hydrogens (primary N) is 1. The first-order valence-electron chi connectivity index (χ1n) is 2.91. The lowest BCUT2D eigenvalue weighted by molar-refractivity contribution is 0.606. The average molecular weight is 156 g/mol. The van der Waals surface area contributed by atoms with Crippen molar-refractivity contribution in [2.75, 3.05) is 0 Å². The van der Waals surface area contributed by atoms with Crippen molar-refractivity contribution in [1.82, 2.24) is 15.0 Å². The molecule has 1 rings (SSSR count). The Morgan fingerprint density at radius 2 is 2.50 bits per heavy atom. The van der Waals surface area contributed by atoms with Gasteiger partial charge in [-0.1, -0.05) is 17.4 Å².